The Morgan fingerprint density at radius 3 is 2.63 bits per heavy atom. The summed E-state index contributed by atoms with van der Waals surface area (Å²) >= 11 is 0. The molecule has 0 amide bonds. The maximum absolute atomic E-state index is 11.9. The molecule has 19 heavy (non-hydrogen) atoms. The van der Waals surface area contributed by atoms with Gasteiger partial charge in [-0.3, -0.25) is 0 Å². The largest absolute Gasteiger partial charge is 0.496 e. The molecule has 1 heterocycles. The van der Waals surface area contributed by atoms with Crippen molar-refractivity contribution in [2.75, 3.05) is 7.11 Å². The van der Waals surface area contributed by atoms with Gasteiger partial charge in [0.05, 0.1) is 7.11 Å². The summed E-state index contributed by atoms with van der Waals surface area (Å²) in [6.07, 6.45) is 0. The molecule has 0 N–H and O–H groups in total. The third-order valence-electron chi connectivity index (χ3n) is 2.81. The first-order valence-corrected chi connectivity index (χ1v) is 5.98. The molecule has 0 aliphatic carbocycles. The summed E-state index contributed by atoms with van der Waals surface area (Å²) in [6.45, 7) is 3.71. The average Bonchev–Trinajstić information content (AvgIpc) is 2.75. The Labute approximate surface area is 111 Å². The van der Waals surface area contributed by atoms with Crippen molar-refractivity contribution in [1.29, 1.82) is 0 Å². The molecule has 1 aromatic heterocycles. The van der Waals surface area contributed by atoms with Gasteiger partial charge in [0.25, 0.3) is 0 Å². The van der Waals surface area contributed by atoms with Gasteiger partial charge in [-0.15, -0.1) is 0 Å². The first-order valence-electron chi connectivity index (χ1n) is 5.98. The van der Waals surface area contributed by atoms with Crippen LogP contribution >= 0.6 is 0 Å². The van der Waals surface area contributed by atoms with Crippen molar-refractivity contribution in [3.63, 3.8) is 0 Å². The molecule has 0 bridgehead atoms. The zero-order chi connectivity index (χ0) is 13.8. The third kappa shape index (κ3) is 2.96. The minimum atomic E-state index is -0.389. The van der Waals surface area contributed by atoms with E-state index >= 15 is 0 Å². The van der Waals surface area contributed by atoms with Crippen LogP contribution in [-0.4, -0.2) is 13.1 Å². The van der Waals surface area contributed by atoms with E-state index in [1.54, 1.807) is 27.0 Å². The highest BCUT2D eigenvalue weighted by atomic mass is 16.5. The molecule has 4 heteroatoms. The fourth-order valence-corrected chi connectivity index (χ4v) is 1.88. The Kier molecular flexibility index (Phi) is 3.90. The van der Waals surface area contributed by atoms with E-state index in [9.17, 15) is 4.79 Å². The minimum Gasteiger partial charge on any atom is -0.496 e. The van der Waals surface area contributed by atoms with Gasteiger partial charge in [0.2, 0.25) is 0 Å². The van der Waals surface area contributed by atoms with Crippen LogP contribution in [0.5, 0.6) is 5.75 Å². The van der Waals surface area contributed by atoms with Crippen LogP contribution < -0.4 is 4.74 Å². The van der Waals surface area contributed by atoms with Gasteiger partial charge >= 0.3 is 5.97 Å². The van der Waals surface area contributed by atoms with Gasteiger partial charge < -0.3 is 13.9 Å². The van der Waals surface area contributed by atoms with E-state index in [0.29, 0.717) is 22.8 Å². The lowest BCUT2D eigenvalue weighted by atomic mass is 10.2. The van der Waals surface area contributed by atoms with Crippen LogP contribution in [0.1, 0.15) is 27.4 Å². The second-order valence-electron chi connectivity index (χ2n) is 4.21. The smallest absolute Gasteiger partial charge is 0.342 e. The molecule has 0 aliphatic rings. The normalized spacial score (nSPS) is 10.3. The molecule has 0 radical (unpaired) electrons. The highest BCUT2D eigenvalue weighted by Gasteiger charge is 2.15. The van der Waals surface area contributed by atoms with E-state index in [-0.39, 0.29) is 12.6 Å². The Balaban J connectivity index is 2.06. The standard InChI is InChI=1S/C15H16O4/c1-10-8-13(11(2)19-10)15(16)18-9-12-6-4-5-7-14(12)17-3/h4-8H,9H2,1-3H3. The Hall–Kier alpha value is -2.23. The van der Waals surface area contributed by atoms with E-state index in [4.69, 9.17) is 13.9 Å². The molecule has 0 saturated carbocycles. The highest BCUT2D eigenvalue weighted by molar-refractivity contribution is 5.90. The van der Waals surface area contributed by atoms with E-state index in [1.807, 2.05) is 24.3 Å². The number of ether oxygens (including phenoxy) is 2. The summed E-state index contributed by atoms with van der Waals surface area (Å²) in [5, 5.41) is 0. The van der Waals surface area contributed by atoms with Gasteiger partial charge in [-0.1, -0.05) is 18.2 Å². The van der Waals surface area contributed by atoms with Crippen molar-refractivity contribution >= 4 is 5.97 Å². The maximum atomic E-state index is 11.9. The monoisotopic (exact) mass is 260 g/mol. The Morgan fingerprint density at radius 1 is 1.26 bits per heavy atom. The van der Waals surface area contributed by atoms with Crippen LogP contribution in [0.15, 0.2) is 34.7 Å². The number of methoxy groups -OCH3 is 1. The molecule has 0 spiro atoms. The van der Waals surface area contributed by atoms with Crippen LogP contribution in [0.2, 0.25) is 0 Å². The van der Waals surface area contributed by atoms with Gasteiger partial charge in [0.1, 0.15) is 29.4 Å². The van der Waals surface area contributed by atoms with Gasteiger partial charge in [0.15, 0.2) is 0 Å². The van der Waals surface area contributed by atoms with Crippen LogP contribution in [0.4, 0.5) is 0 Å². The number of aryl methyl sites for hydroxylation is 2. The van der Waals surface area contributed by atoms with Crippen molar-refractivity contribution < 1.29 is 18.7 Å². The molecule has 0 atom stereocenters. The van der Waals surface area contributed by atoms with Gasteiger partial charge in [-0.25, -0.2) is 4.79 Å². The molecule has 2 aromatic rings. The topological polar surface area (TPSA) is 48.7 Å². The molecule has 4 nitrogen and oxygen atoms in total. The number of furan rings is 1. The Bertz CT molecular complexity index is 584. The summed E-state index contributed by atoms with van der Waals surface area (Å²) in [5.74, 6) is 1.58. The third-order valence-corrected chi connectivity index (χ3v) is 2.81. The van der Waals surface area contributed by atoms with E-state index in [1.165, 1.54) is 0 Å². The lowest BCUT2D eigenvalue weighted by Crippen LogP contribution is -2.06. The second kappa shape index (κ2) is 5.61. The molecule has 100 valence electrons. The van der Waals surface area contributed by atoms with Crippen molar-refractivity contribution in [3.05, 3.63) is 53.0 Å². The Morgan fingerprint density at radius 2 is 2.00 bits per heavy atom. The predicted molar refractivity (Wildman–Crippen MR) is 70.3 cm³/mol. The van der Waals surface area contributed by atoms with Crippen LogP contribution in [0.3, 0.4) is 0 Å². The van der Waals surface area contributed by atoms with Crippen molar-refractivity contribution in [1.82, 2.24) is 0 Å². The molecule has 1 aromatic carbocycles. The molecular formula is C15H16O4. The zero-order valence-electron chi connectivity index (χ0n) is 11.2. The fourth-order valence-electron chi connectivity index (χ4n) is 1.88. The molecule has 0 aliphatic heterocycles. The van der Waals surface area contributed by atoms with Crippen molar-refractivity contribution in [2.24, 2.45) is 0 Å². The molecule has 0 unspecified atom stereocenters. The maximum Gasteiger partial charge on any atom is 0.342 e. The summed E-state index contributed by atoms with van der Waals surface area (Å²) in [6, 6.07) is 9.11. The first kappa shape index (κ1) is 13.2. The number of esters is 1. The summed E-state index contributed by atoms with van der Waals surface area (Å²) in [5.41, 5.74) is 1.30. The quantitative estimate of drug-likeness (QED) is 0.792. The number of carbonyl (C=O) groups is 1. The summed E-state index contributed by atoms with van der Waals surface area (Å²) in [4.78, 5) is 11.9. The SMILES string of the molecule is COc1ccccc1COC(=O)c1cc(C)oc1C. The van der Waals surface area contributed by atoms with Crippen LogP contribution in [-0.2, 0) is 11.3 Å². The zero-order valence-corrected chi connectivity index (χ0v) is 11.2. The van der Waals surface area contributed by atoms with Crippen molar-refractivity contribution in [2.45, 2.75) is 20.5 Å². The summed E-state index contributed by atoms with van der Waals surface area (Å²) in [7, 11) is 1.59. The number of benzene rings is 1. The minimum absolute atomic E-state index is 0.173. The lowest BCUT2D eigenvalue weighted by molar-refractivity contribution is 0.0468. The van der Waals surface area contributed by atoms with Crippen LogP contribution in [0, 0.1) is 13.8 Å². The van der Waals surface area contributed by atoms with Gasteiger partial charge in [-0.2, -0.15) is 0 Å². The van der Waals surface area contributed by atoms with E-state index < -0.39 is 0 Å². The average molecular weight is 260 g/mol. The van der Waals surface area contributed by atoms with E-state index in [0.717, 1.165) is 5.56 Å². The van der Waals surface area contributed by atoms with Crippen molar-refractivity contribution in [3.8, 4) is 5.75 Å². The molecule has 2 rings (SSSR count). The molecule has 0 saturated heterocycles. The first-order chi connectivity index (χ1) is 9.11. The number of rotatable bonds is 4. The number of para-hydroxylation sites is 1. The number of carbonyl (C=O) groups excluding carboxylic acids is 1. The molecule has 0 fully saturated rings. The predicted octanol–water partition coefficient (Wildman–Crippen LogP) is 3.26. The van der Waals surface area contributed by atoms with E-state index in [2.05, 4.69) is 0 Å². The van der Waals surface area contributed by atoms with Gasteiger partial charge in [-0.05, 0) is 26.0 Å². The van der Waals surface area contributed by atoms with Crippen LogP contribution in [0.25, 0.3) is 0 Å². The fraction of sp³-hybridized carbons (Fsp3) is 0.267. The number of hydrogen-bond donors (Lipinski definition) is 0. The summed E-state index contributed by atoms with van der Waals surface area (Å²) < 4.78 is 15.8. The number of hydrogen-bond acceptors (Lipinski definition) is 4. The highest BCUT2D eigenvalue weighted by Crippen LogP contribution is 2.20. The lowest BCUT2D eigenvalue weighted by Gasteiger charge is -2.08. The molecular weight excluding hydrogens is 244 g/mol. The second-order valence-corrected chi connectivity index (χ2v) is 4.21. The van der Waals surface area contributed by atoms with Gasteiger partial charge in [0, 0.05) is 5.56 Å².